The second kappa shape index (κ2) is 5.28. The maximum Gasteiger partial charge on any atom is 0.163 e. The molecule has 114 valence electrons. The Bertz CT molecular complexity index is 983. The van der Waals surface area contributed by atoms with Gasteiger partial charge in [-0.3, -0.25) is 4.57 Å². The molecule has 0 fully saturated rings. The van der Waals surface area contributed by atoms with Crippen LogP contribution in [-0.4, -0.2) is 34.5 Å². The molecule has 7 heteroatoms. The molecule has 0 aliphatic carbocycles. The largest absolute Gasteiger partial charge is 0.298 e. The quantitative estimate of drug-likeness (QED) is 0.580. The van der Waals surface area contributed by atoms with Crippen molar-refractivity contribution >= 4 is 11.0 Å². The highest BCUT2D eigenvalue weighted by Gasteiger charge is 2.11. The molecule has 0 saturated heterocycles. The molecule has 0 unspecified atom stereocenters. The Kier molecular flexibility index (Phi) is 3.11. The Labute approximate surface area is 132 Å². The van der Waals surface area contributed by atoms with Crippen LogP contribution in [0, 0.1) is 0 Å². The van der Waals surface area contributed by atoms with E-state index in [4.69, 9.17) is 0 Å². The zero-order valence-electron chi connectivity index (χ0n) is 12.9. The van der Waals surface area contributed by atoms with E-state index in [-0.39, 0.29) is 0 Å². The molecular weight excluding hydrogens is 290 g/mol. The van der Waals surface area contributed by atoms with Crippen LogP contribution >= 0.6 is 0 Å². The molecule has 4 rings (SSSR count). The lowest BCUT2D eigenvalue weighted by atomic mass is 10.2. The Morgan fingerprint density at radius 1 is 1.09 bits per heavy atom. The van der Waals surface area contributed by atoms with Crippen molar-refractivity contribution < 1.29 is 0 Å². The van der Waals surface area contributed by atoms with E-state index in [2.05, 4.69) is 25.3 Å². The van der Waals surface area contributed by atoms with Crippen LogP contribution < -0.4 is 0 Å². The van der Waals surface area contributed by atoms with Crippen LogP contribution in [0.1, 0.15) is 12.7 Å². The number of imidazole rings is 1. The van der Waals surface area contributed by atoms with Gasteiger partial charge in [0.2, 0.25) is 0 Å². The molecule has 0 N–H and O–H groups in total. The van der Waals surface area contributed by atoms with Crippen molar-refractivity contribution in [1.82, 2.24) is 34.5 Å². The van der Waals surface area contributed by atoms with Crippen LogP contribution in [-0.2, 0) is 13.5 Å². The third-order valence-electron chi connectivity index (χ3n) is 3.76. The average molecular weight is 305 g/mol. The van der Waals surface area contributed by atoms with E-state index in [1.165, 1.54) is 0 Å². The van der Waals surface area contributed by atoms with Gasteiger partial charge in [0.1, 0.15) is 17.0 Å². The van der Waals surface area contributed by atoms with Gasteiger partial charge in [0.15, 0.2) is 5.82 Å². The first-order valence-electron chi connectivity index (χ1n) is 7.41. The van der Waals surface area contributed by atoms with Gasteiger partial charge >= 0.3 is 0 Å². The number of aryl methyl sites for hydroxylation is 2. The van der Waals surface area contributed by atoms with Gasteiger partial charge in [0.05, 0.1) is 5.52 Å². The monoisotopic (exact) mass is 305 g/mol. The van der Waals surface area contributed by atoms with E-state index >= 15 is 0 Å². The summed E-state index contributed by atoms with van der Waals surface area (Å²) in [5.41, 5.74) is 3.62. The lowest BCUT2D eigenvalue weighted by Crippen LogP contribution is -2.00. The zero-order chi connectivity index (χ0) is 15.8. The third kappa shape index (κ3) is 2.26. The van der Waals surface area contributed by atoms with E-state index in [0.29, 0.717) is 0 Å². The molecule has 7 nitrogen and oxygen atoms in total. The number of hydrogen-bond donors (Lipinski definition) is 0. The standard InChI is InChI=1S/C16H15N7/c1-3-15-17-7-6-12(19-15)16-18-8-9-23(16)11-4-5-14-13(10-11)20-21-22(14)2/h4-10H,3H2,1-2H3. The fourth-order valence-corrected chi connectivity index (χ4v) is 2.57. The Balaban J connectivity index is 1.84. The minimum atomic E-state index is 0.783. The minimum Gasteiger partial charge on any atom is -0.298 e. The molecule has 0 atom stereocenters. The average Bonchev–Trinajstić information content (AvgIpc) is 3.22. The van der Waals surface area contributed by atoms with Crippen molar-refractivity contribution in [3.05, 3.63) is 48.7 Å². The summed E-state index contributed by atoms with van der Waals surface area (Å²) in [6, 6.07) is 7.90. The van der Waals surface area contributed by atoms with Crippen LogP contribution in [0.4, 0.5) is 0 Å². The van der Waals surface area contributed by atoms with Gasteiger partial charge in [-0.25, -0.2) is 19.6 Å². The summed E-state index contributed by atoms with van der Waals surface area (Å²) in [5, 5.41) is 8.21. The molecule has 3 heterocycles. The predicted octanol–water partition coefficient (Wildman–Crippen LogP) is 2.17. The van der Waals surface area contributed by atoms with Crippen molar-refractivity contribution in [1.29, 1.82) is 0 Å². The van der Waals surface area contributed by atoms with Crippen molar-refractivity contribution in [3.63, 3.8) is 0 Å². The van der Waals surface area contributed by atoms with Gasteiger partial charge < -0.3 is 0 Å². The first-order valence-corrected chi connectivity index (χ1v) is 7.41. The molecule has 3 aromatic heterocycles. The maximum atomic E-state index is 4.56. The van der Waals surface area contributed by atoms with Crippen LogP contribution in [0.5, 0.6) is 0 Å². The van der Waals surface area contributed by atoms with E-state index in [9.17, 15) is 0 Å². The van der Waals surface area contributed by atoms with Crippen LogP contribution in [0.3, 0.4) is 0 Å². The molecule has 23 heavy (non-hydrogen) atoms. The fourth-order valence-electron chi connectivity index (χ4n) is 2.57. The second-order valence-electron chi connectivity index (χ2n) is 5.22. The highest BCUT2D eigenvalue weighted by atomic mass is 15.4. The topological polar surface area (TPSA) is 74.3 Å². The molecule has 0 aliphatic heterocycles. The number of aromatic nitrogens is 7. The summed E-state index contributed by atoms with van der Waals surface area (Å²) in [7, 11) is 1.88. The van der Waals surface area contributed by atoms with Gasteiger partial charge in [-0.2, -0.15) is 0 Å². The van der Waals surface area contributed by atoms with Gasteiger partial charge in [-0.05, 0) is 24.3 Å². The third-order valence-corrected chi connectivity index (χ3v) is 3.76. The highest BCUT2D eigenvalue weighted by molar-refractivity contribution is 5.77. The highest BCUT2D eigenvalue weighted by Crippen LogP contribution is 2.22. The molecule has 0 radical (unpaired) electrons. The SMILES string of the molecule is CCc1nccc(-c2nccn2-c2ccc3c(c2)nnn3C)n1. The van der Waals surface area contributed by atoms with Crippen molar-refractivity contribution in [2.24, 2.45) is 7.05 Å². The Morgan fingerprint density at radius 3 is 2.87 bits per heavy atom. The number of benzene rings is 1. The van der Waals surface area contributed by atoms with E-state index in [0.717, 1.165) is 40.5 Å². The van der Waals surface area contributed by atoms with Crippen molar-refractivity contribution in [3.8, 4) is 17.2 Å². The normalized spacial score (nSPS) is 11.2. The fraction of sp³-hybridized carbons (Fsp3) is 0.188. The Morgan fingerprint density at radius 2 is 2.00 bits per heavy atom. The molecule has 0 spiro atoms. The van der Waals surface area contributed by atoms with Crippen molar-refractivity contribution in [2.75, 3.05) is 0 Å². The van der Waals surface area contributed by atoms with Gasteiger partial charge in [-0.1, -0.05) is 12.1 Å². The summed E-state index contributed by atoms with van der Waals surface area (Å²) >= 11 is 0. The van der Waals surface area contributed by atoms with Gasteiger partial charge in [-0.15, -0.1) is 5.10 Å². The molecule has 4 aromatic rings. The van der Waals surface area contributed by atoms with Crippen LogP contribution in [0.25, 0.3) is 28.2 Å². The zero-order valence-corrected chi connectivity index (χ0v) is 12.9. The number of rotatable bonds is 3. The molecule has 1 aromatic carbocycles. The summed E-state index contributed by atoms with van der Waals surface area (Å²) < 4.78 is 3.75. The summed E-state index contributed by atoms with van der Waals surface area (Å²) in [4.78, 5) is 13.3. The number of hydrogen-bond acceptors (Lipinski definition) is 5. The van der Waals surface area contributed by atoms with Gasteiger partial charge in [0, 0.05) is 37.7 Å². The summed E-state index contributed by atoms with van der Waals surface area (Å²) in [6.07, 6.45) is 6.25. The van der Waals surface area contributed by atoms with Gasteiger partial charge in [0.25, 0.3) is 0 Å². The second-order valence-corrected chi connectivity index (χ2v) is 5.22. The first-order chi connectivity index (χ1) is 11.3. The maximum absolute atomic E-state index is 4.56. The molecule has 0 saturated carbocycles. The minimum absolute atomic E-state index is 0.783. The Hall–Kier alpha value is -3.09. The van der Waals surface area contributed by atoms with Crippen molar-refractivity contribution in [2.45, 2.75) is 13.3 Å². The lowest BCUT2D eigenvalue weighted by Gasteiger charge is -2.08. The summed E-state index contributed by atoms with van der Waals surface area (Å²) in [5.74, 6) is 1.59. The van der Waals surface area contributed by atoms with Crippen LogP contribution in [0.15, 0.2) is 42.9 Å². The first kappa shape index (κ1) is 13.6. The molecule has 0 aliphatic rings. The lowest BCUT2D eigenvalue weighted by molar-refractivity contribution is 0.736. The molecule has 0 amide bonds. The van der Waals surface area contributed by atoms with Crippen LogP contribution in [0.2, 0.25) is 0 Å². The summed E-state index contributed by atoms with van der Waals surface area (Å²) in [6.45, 7) is 2.04. The smallest absolute Gasteiger partial charge is 0.163 e. The molecule has 0 bridgehead atoms. The van der Waals surface area contributed by atoms with E-state index in [1.807, 2.05) is 49.0 Å². The van der Waals surface area contributed by atoms with E-state index in [1.54, 1.807) is 17.1 Å². The van der Waals surface area contributed by atoms with E-state index < -0.39 is 0 Å². The molecular formula is C16H15N7. The number of nitrogens with zero attached hydrogens (tertiary/aromatic N) is 7. The number of fused-ring (bicyclic) bond motifs is 1. The predicted molar refractivity (Wildman–Crippen MR) is 86.0 cm³/mol.